The number of aromatic nitrogens is 1. The summed E-state index contributed by atoms with van der Waals surface area (Å²) in [6.45, 7) is 4.59. The van der Waals surface area contributed by atoms with Crippen molar-refractivity contribution in [3.8, 4) is 0 Å². The maximum absolute atomic E-state index is 11.6. The van der Waals surface area contributed by atoms with E-state index in [0.717, 1.165) is 35.3 Å². The number of carboxylic acids is 1. The monoisotopic (exact) mass is 327 g/mol. The first-order chi connectivity index (χ1) is 11.6. The van der Waals surface area contributed by atoms with Crippen LogP contribution in [0.2, 0.25) is 0 Å². The summed E-state index contributed by atoms with van der Waals surface area (Å²) in [4.78, 5) is 14.1. The molecule has 2 aromatic rings. The van der Waals surface area contributed by atoms with Crippen molar-refractivity contribution in [3.05, 3.63) is 35.5 Å². The molecule has 5 heteroatoms. The van der Waals surface area contributed by atoms with Crippen LogP contribution in [0.4, 0.5) is 0 Å². The van der Waals surface area contributed by atoms with E-state index >= 15 is 0 Å². The van der Waals surface area contributed by atoms with Crippen LogP contribution in [0.15, 0.2) is 24.4 Å². The summed E-state index contributed by atoms with van der Waals surface area (Å²) in [5, 5.41) is 14.1. The minimum atomic E-state index is -0.849. The second kappa shape index (κ2) is 6.22. The Labute approximate surface area is 142 Å². The predicted octanol–water partition coefficient (Wildman–Crippen LogP) is 2.10. The van der Waals surface area contributed by atoms with Crippen LogP contribution in [0.3, 0.4) is 0 Å². The van der Waals surface area contributed by atoms with E-state index in [1.165, 1.54) is 32.5 Å². The summed E-state index contributed by atoms with van der Waals surface area (Å²) < 4.78 is 2.03. The zero-order valence-corrected chi connectivity index (χ0v) is 14.2. The van der Waals surface area contributed by atoms with Crippen LogP contribution in [0.25, 0.3) is 10.9 Å². The van der Waals surface area contributed by atoms with Crippen molar-refractivity contribution in [1.82, 2.24) is 14.8 Å². The lowest BCUT2D eigenvalue weighted by molar-refractivity contribution is 0.0699. The Balaban J connectivity index is 1.49. The largest absolute Gasteiger partial charge is 0.478 e. The van der Waals surface area contributed by atoms with Gasteiger partial charge in [0, 0.05) is 36.7 Å². The highest BCUT2D eigenvalue weighted by Crippen LogP contribution is 2.28. The quantitative estimate of drug-likeness (QED) is 0.883. The lowest BCUT2D eigenvalue weighted by atomic mass is 9.84. The Morgan fingerprint density at radius 1 is 1.33 bits per heavy atom. The van der Waals surface area contributed by atoms with Gasteiger partial charge < -0.3 is 19.9 Å². The highest BCUT2D eigenvalue weighted by atomic mass is 16.4. The fourth-order valence-corrected chi connectivity index (χ4v) is 4.50. The maximum Gasteiger partial charge on any atom is 0.336 e. The van der Waals surface area contributed by atoms with Gasteiger partial charge >= 0.3 is 5.97 Å². The first kappa shape index (κ1) is 15.7. The van der Waals surface area contributed by atoms with Crippen molar-refractivity contribution in [2.75, 3.05) is 26.2 Å². The van der Waals surface area contributed by atoms with Gasteiger partial charge in [0.25, 0.3) is 0 Å². The molecular weight excluding hydrogens is 302 g/mol. The van der Waals surface area contributed by atoms with E-state index in [4.69, 9.17) is 0 Å². The molecule has 0 unspecified atom stereocenters. The molecule has 128 valence electrons. The van der Waals surface area contributed by atoms with E-state index in [-0.39, 0.29) is 0 Å². The molecule has 5 nitrogen and oxygen atoms in total. The number of hydrogen-bond donors (Lipinski definition) is 2. The summed E-state index contributed by atoms with van der Waals surface area (Å²) in [6, 6.07) is 6.11. The Hall–Kier alpha value is -1.85. The van der Waals surface area contributed by atoms with E-state index < -0.39 is 5.97 Å². The maximum atomic E-state index is 11.6. The van der Waals surface area contributed by atoms with Gasteiger partial charge in [-0.05, 0) is 62.5 Å². The summed E-state index contributed by atoms with van der Waals surface area (Å²) in [7, 11) is 1.98. The minimum absolute atomic E-state index is 0.408. The smallest absolute Gasteiger partial charge is 0.336 e. The van der Waals surface area contributed by atoms with Crippen LogP contribution >= 0.6 is 0 Å². The minimum Gasteiger partial charge on any atom is -0.478 e. The Bertz CT molecular complexity index is 759. The molecule has 0 amide bonds. The number of fused-ring (bicyclic) bond motifs is 4. The van der Waals surface area contributed by atoms with Crippen LogP contribution in [0.1, 0.15) is 28.8 Å². The third kappa shape index (κ3) is 2.72. The molecule has 2 bridgehead atoms. The first-order valence-corrected chi connectivity index (χ1v) is 8.89. The van der Waals surface area contributed by atoms with Crippen molar-refractivity contribution in [1.29, 1.82) is 0 Å². The van der Waals surface area contributed by atoms with Crippen LogP contribution in [-0.2, 0) is 13.5 Å². The molecule has 3 saturated heterocycles. The summed E-state index contributed by atoms with van der Waals surface area (Å²) in [5.41, 5.74) is 2.53. The third-order valence-corrected chi connectivity index (χ3v) is 5.78. The predicted molar refractivity (Wildman–Crippen MR) is 94.5 cm³/mol. The molecule has 1 atom stereocenters. The SMILES string of the molecule is Cn1cc(CCN[C@H]2CN3CCC2CC3)c2c(C(=O)O)cccc21. The standard InChI is InChI=1S/C19H25N3O2/c1-21-11-14(18-15(19(23)24)3-2-4-17(18)21)5-8-20-16-12-22-9-6-13(16)7-10-22/h2-4,11,13,16,20H,5-10,12H2,1H3,(H,23,24)/t16-/m0/s1. The lowest BCUT2D eigenvalue weighted by Crippen LogP contribution is -2.56. The first-order valence-electron chi connectivity index (χ1n) is 8.89. The molecule has 3 fully saturated rings. The number of benzene rings is 1. The molecule has 0 saturated carbocycles. The molecule has 24 heavy (non-hydrogen) atoms. The number of nitrogens with zero attached hydrogens (tertiary/aromatic N) is 2. The summed E-state index contributed by atoms with van der Waals surface area (Å²) in [5.74, 6) is -0.0319. The van der Waals surface area contributed by atoms with E-state index in [9.17, 15) is 9.90 Å². The summed E-state index contributed by atoms with van der Waals surface area (Å²) >= 11 is 0. The van der Waals surface area contributed by atoms with E-state index in [1.54, 1.807) is 6.07 Å². The number of nitrogens with one attached hydrogen (secondary N) is 1. The molecular formula is C19H25N3O2. The topological polar surface area (TPSA) is 57.5 Å². The number of rotatable bonds is 5. The Morgan fingerprint density at radius 2 is 2.12 bits per heavy atom. The zero-order valence-electron chi connectivity index (χ0n) is 14.2. The molecule has 0 spiro atoms. The highest BCUT2D eigenvalue weighted by molar-refractivity contribution is 6.04. The van der Waals surface area contributed by atoms with Gasteiger partial charge in [-0.1, -0.05) is 6.07 Å². The van der Waals surface area contributed by atoms with Gasteiger partial charge in [0.2, 0.25) is 0 Å². The van der Waals surface area contributed by atoms with Gasteiger partial charge in [-0.25, -0.2) is 4.79 Å². The van der Waals surface area contributed by atoms with Crippen molar-refractivity contribution in [2.45, 2.75) is 25.3 Å². The third-order valence-electron chi connectivity index (χ3n) is 5.78. The zero-order chi connectivity index (χ0) is 16.7. The number of carboxylic acid groups (broad SMARTS) is 1. The molecule has 1 aromatic carbocycles. The lowest BCUT2D eigenvalue weighted by Gasteiger charge is -2.45. The van der Waals surface area contributed by atoms with Crippen molar-refractivity contribution < 1.29 is 9.90 Å². The van der Waals surface area contributed by atoms with Gasteiger partial charge in [0.05, 0.1) is 5.56 Å². The Morgan fingerprint density at radius 3 is 2.79 bits per heavy atom. The second-order valence-corrected chi connectivity index (χ2v) is 7.22. The normalized spacial score (nSPS) is 26.1. The van der Waals surface area contributed by atoms with Gasteiger partial charge in [0.15, 0.2) is 0 Å². The van der Waals surface area contributed by atoms with Crippen molar-refractivity contribution in [2.24, 2.45) is 13.0 Å². The highest BCUT2D eigenvalue weighted by Gasteiger charge is 2.33. The molecule has 4 heterocycles. The molecule has 0 radical (unpaired) electrons. The van der Waals surface area contributed by atoms with Crippen molar-refractivity contribution in [3.63, 3.8) is 0 Å². The van der Waals surface area contributed by atoms with E-state index in [2.05, 4.69) is 16.4 Å². The van der Waals surface area contributed by atoms with E-state index in [0.29, 0.717) is 11.6 Å². The molecule has 2 N–H and O–H groups in total. The average molecular weight is 327 g/mol. The van der Waals surface area contributed by atoms with Crippen LogP contribution in [0, 0.1) is 5.92 Å². The van der Waals surface area contributed by atoms with Gasteiger partial charge in [-0.3, -0.25) is 0 Å². The van der Waals surface area contributed by atoms with Gasteiger partial charge in [0.1, 0.15) is 0 Å². The van der Waals surface area contributed by atoms with E-state index in [1.807, 2.05) is 23.7 Å². The van der Waals surface area contributed by atoms with Crippen molar-refractivity contribution >= 4 is 16.9 Å². The number of aromatic carboxylic acids is 1. The molecule has 3 aliphatic heterocycles. The number of carbonyl (C=O) groups is 1. The summed E-state index contributed by atoms with van der Waals surface area (Å²) in [6.07, 6.45) is 5.57. The number of hydrogen-bond acceptors (Lipinski definition) is 3. The fourth-order valence-electron chi connectivity index (χ4n) is 4.50. The van der Waals surface area contributed by atoms with Crippen LogP contribution in [-0.4, -0.2) is 52.8 Å². The van der Waals surface area contributed by atoms with Gasteiger partial charge in [-0.15, -0.1) is 0 Å². The van der Waals surface area contributed by atoms with Crippen LogP contribution < -0.4 is 5.32 Å². The number of piperidine rings is 3. The molecule has 1 aromatic heterocycles. The second-order valence-electron chi connectivity index (χ2n) is 7.22. The average Bonchev–Trinajstić information content (AvgIpc) is 2.92. The van der Waals surface area contributed by atoms with Gasteiger partial charge in [-0.2, -0.15) is 0 Å². The van der Waals surface area contributed by atoms with Crippen LogP contribution in [0.5, 0.6) is 0 Å². The molecule has 5 rings (SSSR count). The number of aryl methyl sites for hydroxylation is 1. The Kier molecular flexibility index (Phi) is 4.06. The molecule has 0 aliphatic carbocycles. The fraction of sp³-hybridized carbons (Fsp3) is 0.526. The molecule has 3 aliphatic rings.